The Balaban J connectivity index is 0.000000348. The van der Waals surface area contributed by atoms with Crippen molar-refractivity contribution in [2.45, 2.75) is 57.4 Å². The molecule has 0 saturated heterocycles. The fraction of sp³-hybridized carbons (Fsp3) is 0.455. The van der Waals surface area contributed by atoms with Crippen LogP contribution in [0.25, 0.3) is 6.08 Å². The zero-order chi connectivity index (χ0) is 23.4. The number of aliphatic imine (C=N–C) groups is 1. The van der Waals surface area contributed by atoms with E-state index in [4.69, 9.17) is 27.4 Å². The van der Waals surface area contributed by atoms with Gasteiger partial charge in [0.05, 0.1) is 5.92 Å². The Kier molecular flexibility index (Phi) is 11.0. The van der Waals surface area contributed by atoms with Crippen LogP contribution in [0.5, 0.6) is 0 Å². The molecule has 9 nitrogen and oxygen atoms in total. The number of allylic oxidation sites excluding steroid dienone is 1. The minimum absolute atomic E-state index is 0.0129. The number of carboxylic acids is 2. The van der Waals surface area contributed by atoms with Gasteiger partial charge in [0, 0.05) is 13.0 Å². The van der Waals surface area contributed by atoms with E-state index in [-0.39, 0.29) is 11.7 Å². The fourth-order valence-corrected chi connectivity index (χ4v) is 2.92. The summed E-state index contributed by atoms with van der Waals surface area (Å²) >= 11 is 0. The molecular formula is C22H32N4O5. The van der Waals surface area contributed by atoms with Crippen molar-refractivity contribution in [3.63, 3.8) is 0 Å². The Morgan fingerprint density at radius 1 is 1.10 bits per heavy atom. The second kappa shape index (κ2) is 13.2. The molecular weight excluding hydrogens is 400 g/mol. The number of carboxylic acid groups (broad SMARTS) is 2. The van der Waals surface area contributed by atoms with Crippen molar-refractivity contribution < 1.29 is 24.6 Å². The predicted octanol–water partition coefficient (Wildman–Crippen LogP) is 1.85. The molecule has 0 bridgehead atoms. The first kappa shape index (κ1) is 25.8. The lowest BCUT2D eigenvalue weighted by Crippen LogP contribution is -2.30. The summed E-state index contributed by atoms with van der Waals surface area (Å²) in [7, 11) is 0. The Morgan fingerprint density at radius 3 is 2.23 bits per heavy atom. The van der Waals surface area contributed by atoms with Gasteiger partial charge in [-0.15, -0.1) is 0 Å². The summed E-state index contributed by atoms with van der Waals surface area (Å²) in [4.78, 5) is 36.5. The Hall–Kier alpha value is -3.20. The van der Waals surface area contributed by atoms with Crippen molar-refractivity contribution in [3.8, 4) is 0 Å². The Morgan fingerprint density at radius 2 is 1.71 bits per heavy atom. The van der Waals surface area contributed by atoms with Gasteiger partial charge < -0.3 is 27.4 Å². The van der Waals surface area contributed by atoms with Crippen LogP contribution >= 0.6 is 0 Å². The molecule has 31 heavy (non-hydrogen) atoms. The van der Waals surface area contributed by atoms with Gasteiger partial charge >= 0.3 is 11.9 Å². The summed E-state index contributed by atoms with van der Waals surface area (Å²) in [6, 6.07) is 6.57. The molecule has 0 radical (unpaired) electrons. The van der Waals surface area contributed by atoms with E-state index in [1.807, 2.05) is 30.3 Å². The molecule has 1 aliphatic rings. The van der Waals surface area contributed by atoms with Gasteiger partial charge in [-0.1, -0.05) is 24.3 Å². The molecule has 0 heterocycles. The number of aliphatic carboxylic acids is 2. The summed E-state index contributed by atoms with van der Waals surface area (Å²) in [5.74, 6) is -2.07. The first-order chi connectivity index (χ1) is 14.6. The molecule has 0 aromatic heterocycles. The Labute approximate surface area is 182 Å². The maximum atomic E-state index is 11.7. The van der Waals surface area contributed by atoms with Gasteiger partial charge in [0.1, 0.15) is 6.04 Å². The lowest BCUT2D eigenvalue weighted by molar-refractivity contribution is -0.139. The quantitative estimate of drug-likeness (QED) is 0.178. The maximum Gasteiger partial charge on any atom is 0.320 e. The molecule has 1 aromatic carbocycles. The molecule has 1 saturated carbocycles. The first-order valence-electron chi connectivity index (χ1n) is 10.2. The van der Waals surface area contributed by atoms with E-state index >= 15 is 0 Å². The van der Waals surface area contributed by atoms with E-state index in [9.17, 15) is 14.4 Å². The lowest BCUT2D eigenvalue weighted by atomic mass is 9.91. The third kappa shape index (κ3) is 9.90. The molecule has 8 N–H and O–H groups in total. The van der Waals surface area contributed by atoms with Crippen LogP contribution in [0.15, 0.2) is 34.8 Å². The normalized spacial score (nSPS) is 16.6. The van der Waals surface area contributed by atoms with Gasteiger partial charge in [0.15, 0.2) is 11.7 Å². The van der Waals surface area contributed by atoms with Crippen LogP contribution < -0.4 is 17.2 Å². The largest absolute Gasteiger partial charge is 0.481 e. The second-order valence-electron chi connectivity index (χ2n) is 7.42. The zero-order valence-corrected chi connectivity index (χ0v) is 17.8. The zero-order valence-electron chi connectivity index (χ0n) is 17.8. The van der Waals surface area contributed by atoms with E-state index in [1.165, 1.54) is 0 Å². The highest BCUT2D eigenvalue weighted by atomic mass is 16.4. The van der Waals surface area contributed by atoms with E-state index in [2.05, 4.69) is 4.99 Å². The number of carbonyl (C=O) groups excluding carboxylic acids is 1. The van der Waals surface area contributed by atoms with E-state index in [0.717, 1.165) is 36.0 Å². The number of hydrogen-bond donors (Lipinski definition) is 5. The average Bonchev–Trinajstić information content (AvgIpc) is 2.73. The van der Waals surface area contributed by atoms with Crippen LogP contribution in [0.4, 0.5) is 0 Å². The van der Waals surface area contributed by atoms with Crippen molar-refractivity contribution in [1.82, 2.24) is 0 Å². The predicted molar refractivity (Wildman–Crippen MR) is 119 cm³/mol. The molecule has 1 aromatic rings. The first-order valence-corrected chi connectivity index (χ1v) is 10.2. The molecule has 1 fully saturated rings. The van der Waals surface area contributed by atoms with Crippen LogP contribution in [0, 0.1) is 0 Å². The van der Waals surface area contributed by atoms with Gasteiger partial charge in [0.25, 0.3) is 0 Å². The summed E-state index contributed by atoms with van der Waals surface area (Å²) in [5.41, 5.74) is 18.0. The van der Waals surface area contributed by atoms with Gasteiger partial charge in [0.2, 0.25) is 0 Å². The Bertz CT molecular complexity index is 814. The van der Waals surface area contributed by atoms with Crippen molar-refractivity contribution in [1.29, 1.82) is 0 Å². The number of ketones is 1. The second-order valence-corrected chi connectivity index (χ2v) is 7.42. The smallest absolute Gasteiger partial charge is 0.320 e. The molecule has 0 spiro atoms. The fourth-order valence-electron chi connectivity index (χ4n) is 2.92. The number of nitrogens with zero attached hydrogens (tertiary/aromatic N) is 1. The van der Waals surface area contributed by atoms with Gasteiger partial charge in [-0.2, -0.15) is 0 Å². The van der Waals surface area contributed by atoms with Crippen LogP contribution in [0.1, 0.15) is 62.5 Å². The number of carbonyl (C=O) groups is 3. The standard InChI is InChI=1S/C16H18O3.C6H14N4O2/c1-11(16(18)19)13-8-6-12(7-9-13)10-14-4-2-3-5-15(14)17;7-4(5(11)12)2-1-3-10-6(8)9/h6-11H,2-5H2,1H3,(H,18,19);4H,1-3,7H2,(H,11,12)(H4,8,9,10)/t;4-/m.0/s1. The van der Waals surface area contributed by atoms with E-state index in [0.29, 0.717) is 25.8 Å². The maximum absolute atomic E-state index is 11.7. The topological polar surface area (TPSA) is 182 Å². The SMILES string of the molecule is CC(C(=O)O)c1ccc(C=C2CCCCC2=O)cc1.NC(N)=NCCC[C@H](N)C(=O)O. The van der Waals surface area contributed by atoms with Crippen molar-refractivity contribution in [3.05, 3.63) is 41.0 Å². The van der Waals surface area contributed by atoms with Crippen LogP contribution in [0.3, 0.4) is 0 Å². The summed E-state index contributed by atoms with van der Waals surface area (Å²) in [5, 5.41) is 17.3. The third-order valence-corrected chi connectivity index (χ3v) is 4.89. The molecule has 0 amide bonds. The number of benzene rings is 1. The van der Waals surface area contributed by atoms with Gasteiger partial charge in [-0.3, -0.25) is 19.4 Å². The molecule has 9 heteroatoms. The molecule has 0 aliphatic heterocycles. The molecule has 2 atom stereocenters. The van der Waals surface area contributed by atoms with Crippen LogP contribution in [0.2, 0.25) is 0 Å². The average molecular weight is 433 g/mol. The summed E-state index contributed by atoms with van der Waals surface area (Å²) in [6.45, 7) is 2.09. The lowest BCUT2D eigenvalue weighted by Gasteiger charge is -2.12. The number of guanidine groups is 1. The van der Waals surface area contributed by atoms with Gasteiger partial charge in [-0.05, 0) is 61.8 Å². The van der Waals surface area contributed by atoms with Crippen LogP contribution in [-0.2, 0) is 14.4 Å². The van der Waals surface area contributed by atoms with Crippen molar-refractivity contribution >= 4 is 29.8 Å². The molecule has 1 aliphatic carbocycles. The van der Waals surface area contributed by atoms with Gasteiger partial charge in [-0.25, -0.2) is 0 Å². The minimum atomic E-state index is -1.00. The number of nitrogens with two attached hydrogens (primary N) is 3. The number of Topliss-reactive ketones (excluding diaryl/α,β-unsaturated/α-hetero) is 1. The minimum Gasteiger partial charge on any atom is -0.481 e. The highest BCUT2D eigenvalue weighted by molar-refractivity contribution is 6.00. The number of rotatable bonds is 8. The summed E-state index contributed by atoms with van der Waals surface area (Å²) in [6.07, 6.45) is 6.46. The molecule has 1 unspecified atom stereocenters. The molecule has 2 rings (SSSR count). The van der Waals surface area contributed by atoms with E-state index in [1.54, 1.807) is 6.92 Å². The monoisotopic (exact) mass is 432 g/mol. The summed E-state index contributed by atoms with van der Waals surface area (Å²) < 4.78 is 0. The highest BCUT2D eigenvalue weighted by Gasteiger charge is 2.15. The highest BCUT2D eigenvalue weighted by Crippen LogP contribution is 2.23. The third-order valence-electron chi connectivity index (χ3n) is 4.89. The van der Waals surface area contributed by atoms with E-state index < -0.39 is 23.9 Å². The van der Waals surface area contributed by atoms with Crippen molar-refractivity contribution in [2.75, 3.05) is 6.54 Å². The molecule has 170 valence electrons. The number of hydrogen-bond acceptors (Lipinski definition) is 5. The van der Waals surface area contributed by atoms with Crippen molar-refractivity contribution in [2.24, 2.45) is 22.2 Å². The van der Waals surface area contributed by atoms with Crippen LogP contribution in [-0.4, -0.2) is 46.5 Å².